The topological polar surface area (TPSA) is 38.3 Å². The molecule has 1 aliphatic heterocycles. The molecule has 4 rings (SSSR count). The molecule has 1 fully saturated rings. The smallest absolute Gasteiger partial charge is 0.193 e. The fraction of sp³-hybridized carbons (Fsp3) is 0.240. The first-order valence-electron chi connectivity index (χ1n) is 9.93. The molecule has 0 bridgehead atoms. The maximum absolute atomic E-state index is 12.6. The molecule has 0 aliphatic carbocycles. The molecule has 0 aromatic heterocycles. The van der Waals surface area contributed by atoms with Crippen molar-refractivity contribution in [1.29, 1.82) is 0 Å². The molecule has 1 saturated heterocycles. The number of rotatable bonds is 6. The quantitative estimate of drug-likeness (QED) is 0.617. The second-order valence-electron chi connectivity index (χ2n) is 7.26. The van der Waals surface area contributed by atoms with Crippen LogP contribution in [0, 0.1) is 5.92 Å². The van der Waals surface area contributed by atoms with Crippen LogP contribution in [0.3, 0.4) is 0 Å². The molecule has 0 saturated carbocycles. The third kappa shape index (κ3) is 4.32. The van der Waals surface area contributed by atoms with Crippen molar-refractivity contribution in [2.75, 3.05) is 13.1 Å². The molecule has 3 aromatic carbocycles. The van der Waals surface area contributed by atoms with Gasteiger partial charge in [-0.25, -0.2) is 0 Å². The SMILES string of the molecule is O=C(c1ccccc1)c1ccc(OC(c2ccccc2)C2CCNCC2)cc1. The van der Waals surface area contributed by atoms with E-state index in [4.69, 9.17) is 4.74 Å². The normalized spacial score (nSPS) is 15.7. The molecular weight excluding hydrogens is 346 g/mol. The zero-order valence-corrected chi connectivity index (χ0v) is 15.9. The zero-order chi connectivity index (χ0) is 19.2. The van der Waals surface area contributed by atoms with Gasteiger partial charge >= 0.3 is 0 Å². The van der Waals surface area contributed by atoms with Gasteiger partial charge in [-0.15, -0.1) is 0 Å². The molecule has 28 heavy (non-hydrogen) atoms. The van der Waals surface area contributed by atoms with Crippen molar-refractivity contribution in [3.63, 3.8) is 0 Å². The van der Waals surface area contributed by atoms with Crippen molar-refractivity contribution in [3.8, 4) is 5.75 Å². The van der Waals surface area contributed by atoms with Gasteiger partial charge in [-0.1, -0.05) is 60.7 Å². The molecule has 0 spiro atoms. The molecule has 1 heterocycles. The average Bonchev–Trinajstić information content (AvgIpc) is 2.79. The second kappa shape index (κ2) is 8.85. The Morgan fingerprint density at radius 2 is 1.36 bits per heavy atom. The number of ketones is 1. The van der Waals surface area contributed by atoms with Gasteiger partial charge in [0, 0.05) is 17.0 Å². The van der Waals surface area contributed by atoms with Crippen molar-refractivity contribution in [3.05, 3.63) is 102 Å². The highest BCUT2D eigenvalue weighted by molar-refractivity contribution is 6.08. The summed E-state index contributed by atoms with van der Waals surface area (Å²) in [5, 5.41) is 3.43. The van der Waals surface area contributed by atoms with Crippen LogP contribution in [-0.4, -0.2) is 18.9 Å². The van der Waals surface area contributed by atoms with E-state index in [1.807, 2.05) is 60.7 Å². The van der Waals surface area contributed by atoms with E-state index >= 15 is 0 Å². The van der Waals surface area contributed by atoms with Gasteiger partial charge in [-0.3, -0.25) is 4.79 Å². The predicted molar refractivity (Wildman–Crippen MR) is 112 cm³/mol. The van der Waals surface area contributed by atoms with Crippen LogP contribution in [0.2, 0.25) is 0 Å². The van der Waals surface area contributed by atoms with Crippen molar-refractivity contribution in [2.24, 2.45) is 5.92 Å². The maximum Gasteiger partial charge on any atom is 0.193 e. The molecule has 1 unspecified atom stereocenters. The molecule has 1 atom stereocenters. The lowest BCUT2D eigenvalue weighted by atomic mass is 9.88. The summed E-state index contributed by atoms with van der Waals surface area (Å²) in [6.45, 7) is 2.06. The van der Waals surface area contributed by atoms with Gasteiger partial charge in [0.1, 0.15) is 11.9 Å². The predicted octanol–water partition coefficient (Wildman–Crippen LogP) is 5.04. The van der Waals surface area contributed by atoms with Crippen LogP contribution in [-0.2, 0) is 0 Å². The molecule has 3 aromatic rings. The van der Waals surface area contributed by atoms with Crippen LogP contribution in [0.15, 0.2) is 84.9 Å². The van der Waals surface area contributed by atoms with E-state index in [0.717, 1.165) is 31.7 Å². The number of nitrogens with one attached hydrogen (secondary N) is 1. The first-order valence-corrected chi connectivity index (χ1v) is 9.93. The highest BCUT2D eigenvalue weighted by Gasteiger charge is 2.26. The zero-order valence-electron chi connectivity index (χ0n) is 15.9. The Kier molecular flexibility index (Phi) is 5.83. The fourth-order valence-electron chi connectivity index (χ4n) is 3.81. The van der Waals surface area contributed by atoms with Gasteiger partial charge in [0.15, 0.2) is 5.78 Å². The van der Waals surface area contributed by atoms with E-state index in [9.17, 15) is 4.79 Å². The summed E-state index contributed by atoms with van der Waals surface area (Å²) in [4.78, 5) is 12.6. The summed E-state index contributed by atoms with van der Waals surface area (Å²) in [5.41, 5.74) is 2.59. The molecular formula is C25H25NO2. The monoisotopic (exact) mass is 371 g/mol. The summed E-state index contributed by atoms with van der Waals surface area (Å²) < 4.78 is 6.44. The number of hydrogen-bond acceptors (Lipinski definition) is 3. The molecule has 3 heteroatoms. The van der Waals surface area contributed by atoms with E-state index in [1.165, 1.54) is 5.56 Å². The highest BCUT2D eigenvalue weighted by atomic mass is 16.5. The Morgan fingerprint density at radius 1 is 0.786 bits per heavy atom. The molecule has 142 valence electrons. The Labute approximate surface area is 166 Å². The van der Waals surface area contributed by atoms with E-state index < -0.39 is 0 Å². The maximum atomic E-state index is 12.6. The Morgan fingerprint density at radius 3 is 2.00 bits per heavy atom. The number of benzene rings is 3. The van der Waals surface area contributed by atoms with Gasteiger partial charge in [0.25, 0.3) is 0 Å². The molecule has 1 aliphatic rings. The number of ether oxygens (including phenoxy) is 1. The van der Waals surface area contributed by atoms with Gasteiger partial charge < -0.3 is 10.1 Å². The number of piperidine rings is 1. The Balaban J connectivity index is 1.53. The first kappa shape index (κ1) is 18.5. The van der Waals surface area contributed by atoms with Gasteiger partial charge in [-0.05, 0) is 55.8 Å². The van der Waals surface area contributed by atoms with E-state index in [0.29, 0.717) is 17.0 Å². The van der Waals surface area contributed by atoms with Crippen molar-refractivity contribution in [2.45, 2.75) is 18.9 Å². The van der Waals surface area contributed by atoms with E-state index in [1.54, 1.807) is 0 Å². The van der Waals surface area contributed by atoms with Crippen molar-refractivity contribution in [1.82, 2.24) is 5.32 Å². The summed E-state index contributed by atoms with van der Waals surface area (Å²) >= 11 is 0. The first-order chi connectivity index (χ1) is 13.8. The summed E-state index contributed by atoms with van der Waals surface area (Å²) in [6.07, 6.45) is 2.23. The lowest BCUT2D eigenvalue weighted by Crippen LogP contribution is -2.32. The van der Waals surface area contributed by atoms with Crippen LogP contribution < -0.4 is 10.1 Å². The number of carbonyl (C=O) groups excluding carboxylic acids is 1. The molecule has 0 amide bonds. The standard InChI is InChI=1S/C25H25NO2/c27-24(19-7-3-1-4-8-19)20-11-13-23(14-12-20)28-25(21-9-5-2-6-10-21)22-15-17-26-18-16-22/h1-14,22,25-26H,15-18H2. The number of carbonyl (C=O) groups is 1. The van der Waals surface area contributed by atoms with Crippen molar-refractivity contribution < 1.29 is 9.53 Å². The van der Waals surface area contributed by atoms with Gasteiger partial charge in [0.2, 0.25) is 0 Å². The minimum Gasteiger partial charge on any atom is -0.485 e. The van der Waals surface area contributed by atoms with Crippen LogP contribution in [0.4, 0.5) is 0 Å². The summed E-state index contributed by atoms with van der Waals surface area (Å²) in [6, 6.07) is 27.3. The minimum absolute atomic E-state index is 0.0268. The van der Waals surface area contributed by atoms with E-state index in [-0.39, 0.29) is 11.9 Å². The van der Waals surface area contributed by atoms with Crippen LogP contribution in [0.1, 0.15) is 40.4 Å². The van der Waals surface area contributed by atoms with Gasteiger partial charge in [0.05, 0.1) is 0 Å². The summed E-state index contributed by atoms with van der Waals surface area (Å²) in [7, 11) is 0. The third-order valence-electron chi connectivity index (χ3n) is 5.36. The van der Waals surface area contributed by atoms with Crippen LogP contribution in [0.5, 0.6) is 5.75 Å². The van der Waals surface area contributed by atoms with Crippen molar-refractivity contribution >= 4 is 5.78 Å². The van der Waals surface area contributed by atoms with Crippen LogP contribution in [0.25, 0.3) is 0 Å². The highest BCUT2D eigenvalue weighted by Crippen LogP contribution is 2.33. The third-order valence-corrected chi connectivity index (χ3v) is 5.36. The Bertz CT molecular complexity index is 885. The van der Waals surface area contributed by atoms with E-state index in [2.05, 4.69) is 29.6 Å². The largest absolute Gasteiger partial charge is 0.485 e. The Hall–Kier alpha value is -2.91. The molecule has 0 radical (unpaired) electrons. The number of hydrogen-bond donors (Lipinski definition) is 1. The molecule has 1 N–H and O–H groups in total. The average molecular weight is 371 g/mol. The molecule has 3 nitrogen and oxygen atoms in total. The lowest BCUT2D eigenvalue weighted by molar-refractivity contribution is 0.103. The fourth-order valence-corrected chi connectivity index (χ4v) is 3.81. The summed E-state index contributed by atoms with van der Waals surface area (Å²) in [5.74, 6) is 1.32. The lowest BCUT2D eigenvalue weighted by Gasteiger charge is -2.31. The minimum atomic E-state index is 0.0268. The second-order valence-corrected chi connectivity index (χ2v) is 7.26. The van der Waals surface area contributed by atoms with Crippen LogP contribution >= 0.6 is 0 Å². The van der Waals surface area contributed by atoms with Gasteiger partial charge in [-0.2, -0.15) is 0 Å².